The van der Waals surface area contributed by atoms with E-state index in [9.17, 15) is 9.59 Å². The van der Waals surface area contributed by atoms with Crippen molar-refractivity contribution in [3.8, 4) is 0 Å². The zero-order valence-corrected chi connectivity index (χ0v) is 17.6. The highest BCUT2D eigenvalue weighted by Crippen LogP contribution is 2.19. The summed E-state index contributed by atoms with van der Waals surface area (Å²) in [6, 6.07) is 8.20. The second-order valence-corrected chi connectivity index (χ2v) is 7.55. The normalized spacial score (nSPS) is 16.9. The van der Waals surface area contributed by atoms with Gasteiger partial charge < -0.3 is 20.4 Å². The van der Waals surface area contributed by atoms with Gasteiger partial charge in [-0.15, -0.1) is 12.4 Å². The van der Waals surface area contributed by atoms with Gasteiger partial charge in [0, 0.05) is 39.1 Å². The van der Waals surface area contributed by atoms with E-state index in [4.69, 9.17) is 0 Å². The Hall–Kier alpha value is -1.79. The summed E-state index contributed by atoms with van der Waals surface area (Å²) in [5, 5.41) is 6.31. The molecule has 0 atom stereocenters. The van der Waals surface area contributed by atoms with Crippen LogP contribution < -0.4 is 10.6 Å². The maximum Gasteiger partial charge on any atom is 0.317 e. The average Bonchev–Trinajstić information content (AvgIpc) is 2.72. The zero-order valence-electron chi connectivity index (χ0n) is 16.8. The van der Waals surface area contributed by atoms with Crippen LogP contribution >= 0.6 is 12.4 Å². The van der Waals surface area contributed by atoms with Crippen molar-refractivity contribution < 1.29 is 9.59 Å². The first-order chi connectivity index (χ1) is 13.2. The number of carbonyl (C=O) groups is 2. The first-order valence-corrected chi connectivity index (χ1v) is 10.3. The molecule has 0 radical (unpaired) electrons. The van der Waals surface area contributed by atoms with E-state index in [2.05, 4.69) is 29.7 Å². The molecule has 1 saturated heterocycles. The number of hydrogen-bond acceptors (Lipinski definition) is 3. The van der Waals surface area contributed by atoms with Gasteiger partial charge in [-0.1, -0.05) is 31.2 Å². The molecule has 0 aliphatic carbocycles. The van der Waals surface area contributed by atoms with E-state index in [-0.39, 0.29) is 24.3 Å². The Morgan fingerprint density at radius 1 is 1.07 bits per heavy atom. The minimum Gasteiger partial charge on any atom is -0.343 e. The predicted molar refractivity (Wildman–Crippen MR) is 114 cm³/mol. The monoisotopic (exact) mass is 408 g/mol. The summed E-state index contributed by atoms with van der Waals surface area (Å²) in [5.41, 5.74) is 2.55. The smallest absolute Gasteiger partial charge is 0.317 e. The highest BCUT2D eigenvalue weighted by atomic mass is 35.5. The van der Waals surface area contributed by atoms with Gasteiger partial charge in [-0.2, -0.15) is 0 Å². The fourth-order valence-corrected chi connectivity index (χ4v) is 3.95. The van der Waals surface area contributed by atoms with E-state index in [1.54, 1.807) is 0 Å². The highest BCUT2D eigenvalue weighted by molar-refractivity contribution is 5.85. The van der Waals surface area contributed by atoms with Gasteiger partial charge in [0.05, 0.1) is 0 Å². The summed E-state index contributed by atoms with van der Waals surface area (Å²) in [6.07, 6.45) is 3.41. The molecule has 0 spiro atoms. The number of nitrogens with zero attached hydrogens (tertiary/aromatic N) is 2. The molecule has 0 bridgehead atoms. The third kappa shape index (κ3) is 6.11. The summed E-state index contributed by atoms with van der Waals surface area (Å²) >= 11 is 0. The third-order valence-electron chi connectivity index (χ3n) is 5.68. The number of carbonyl (C=O) groups excluding carboxylic acids is 2. The molecular weight excluding hydrogens is 376 g/mol. The van der Waals surface area contributed by atoms with E-state index in [0.29, 0.717) is 25.4 Å². The molecule has 2 aliphatic heterocycles. The number of benzene rings is 1. The molecule has 28 heavy (non-hydrogen) atoms. The largest absolute Gasteiger partial charge is 0.343 e. The van der Waals surface area contributed by atoms with Crippen LogP contribution in [-0.2, 0) is 17.8 Å². The van der Waals surface area contributed by atoms with Gasteiger partial charge in [0.15, 0.2) is 0 Å². The molecule has 156 valence electrons. The fraction of sp³-hybridized carbons (Fsp3) is 0.619. The lowest BCUT2D eigenvalue weighted by Gasteiger charge is -2.32. The van der Waals surface area contributed by atoms with Crippen LogP contribution in [0.25, 0.3) is 0 Å². The second-order valence-electron chi connectivity index (χ2n) is 7.55. The molecule has 2 heterocycles. The van der Waals surface area contributed by atoms with Crippen molar-refractivity contribution in [3.63, 3.8) is 0 Å². The number of hydrogen-bond donors (Lipinski definition) is 2. The lowest BCUT2D eigenvalue weighted by molar-refractivity contribution is -0.132. The molecule has 7 heteroatoms. The van der Waals surface area contributed by atoms with Crippen LogP contribution in [0.5, 0.6) is 0 Å². The van der Waals surface area contributed by atoms with Crippen molar-refractivity contribution >= 4 is 24.3 Å². The van der Waals surface area contributed by atoms with E-state index in [1.807, 2.05) is 21.9 Å². The molecule has 0 aromatic heterocycles. The van der Waals surface area contributed by atoms with Crippen molar-refractivity contribution in [2.24, 2.45) is 5.92 Å². The van der Waals surface area contributed by atoms with Crippen molar-refractivity contribution in [2.75, 3.05) is 39.3 Å². The van der Waals surface area contributed by atoms with Gasteiger partial charge in [0.1, 0.15) is 0 Å². The topological polar surface area (TPSA) is 64.7 Å². The molecule has 1 fully saturated rings. The number of halogens is 1. The van der Waals surface area contributed by atoms with E-state index in [0.717, 1.165) is 52.0 Å². The number of piperidine rings is 1. The first-order valence-electron chi connectivity index (χ1n) is 10.3. The van der Waals surface area contributed by atoms with Crippen molar-refractivity contribution in [3.05, 3.63) is 35.4 Å². The molecule has 3 rings (SSSR count). The number of rotatable bonds is 6. The SMILES string of the molecule is CCNCC1CCN(C(=O)CCNC(=O)N2CCc3ccccc3C2)CC1.Cl. The Bertz CT molecular complexity index is 647. The van der Waals surface area contributed by atoms with Gasteiger partial charge in [-0.3, -0.25) is 4.79 Å². The molecule has 0 unspecified atom stereocenters. The summed E-state index contributed by atoms with van der Waals surface area (Å²) in [6.45, 7) is 7.64. The van der Waals surface area contributed by atoms with Gasteiger partial charge in [-0.25, -0.2) is 4.79 Å². The maximum atomic E-state index is 12.4. The molecule has 0 saturated carbocycles. The number of fused-ring (bicyclic) bond motifs is 1. The summed E-state index contributed by atoms with van der Waals surface area (Å²) < 4.78 is 0. The molecule has 3 amide bonds. The molecule has 2 N–H and O–H groups in total. The van der Waals surface area contributed by atoms with Crippen LogP contribution in [0.4, 0.5) is 4.79 Å². The lowest BCUT2D eigenvalue weighted by Crippen LogP contribution is -2.45. The van der Waals surface area contributed by atoms with Crippen LogP contribution in [-0.4, -0.2) is 61.0 Å². The Morgan fingerprint density at radius 2 is 1.79 bits per heavy atom. The number of amides is 3. The predicted octanol–water partition coefficient (Wildman–Crippen LogP) is 2.41. The van der Waals surface area contributed by atoms with Crippen LogP contribution in [0.15, 0.2) is 24.3 Å². The van der Waals surface area contributed by atoms with Gasteiger partial charge in [0.25, 0.3) is 0 Å². The minimum atomic E-state index is -0.0679. The van der Waals surface area contributed by atoms with Gasteiger partial charge in [0.2, 0.25) is 5.91 Å². The summed E-state index contributed by atoms with van der Waals surface area (Å²) in [7, 11) is 0. The summed E-state index contributed by atoms with van der Waals surface area (Å²) in [4.78, 5) is 28.6. The quantitative estimate of drug-likeness (QED) is 0.759. The molecular formula is C21H33ClN4O2. The van der Waals surface area contributed by atoms with Crippen LogP contribution in [0, 0.1) is 5.92 Å². The summed E-state index contributed by atoms with van der Waals surface area (Å²) in [5.74, 6) is 0.830. The first kappa shape index (κ1) is 22.5. The third-order valence-corrected chi connectivity index (χ3v) is 5.68. The van der Waals surface area contributed by atoms with Crippen molar-refractivity contribution in [1.82, 2.24) is 20.4 Å². The van der Waals surface area contributed by atoms with Crippen LogP contribution in [0.2, 0.25) is 0 Å². The standard InChI is InChI=1S/C21H32N4O2.ClH/c1-2-22-15-17-8-12-24(13-9-17)20(26)7-11-23-21(27)25-14-10-18-5-3-4-6-19(18)16-25;/h3-6,17,22H,2,7-16H2,1H3,(H,23,27);1H. The molecule has 2 aliphatic rings. The van der Waals surface area contributed by atoms with Gasteiger partial charge in [-0.05, 0) is 49.4 Å². The molecule has 1 aromatic rings. The Labute approximate surface area is 174 Å². The van der Waals surface area contributed by atoms with Crippen LogP contribution in [0.1, 0.15) is 37.3 Å². The average molecular weight is 409 g/mol. The maximum absolute atomic E-state index is 12.4. The van der Waals surface area contributed by atoms with E-state index >= 15 is 0 Å². The number of urea groups is 1. The number of nitrogens with one attached hydrogen (secondary N) is 2. The second kappa shape index (κ2) is 11.3. The van der Waals surface area contributed by atoms with Crippen molar-refractivity contribution in [1.29, 1.82) is 0 Å². The fourth-order valence-electron chi connectivity index (χ4n) is 3.95. The van der Waals surface area contributed by atoms with E-state index < -0.39 is 0 Å². The molecule has 1 aromatic carbocycles. The Balaban J connectivity index is 0.00000280. The van der Waals surface area contributed by atoms with Crippen molar-refractivity contribution in [2.45, 2.75) is 39.2 Å². The van der Waals surface area contributed by atoms with E-state index in [1.165, 1.54) is 11.1 Å². The minimum absolute atomic E-state index is 0. The number of likely N-dealkylation sites (tertiary alicyclic amines) is 1. The van der Waals surface area contributed by atoms with Crippen LogP contribution in [0.3, 0.4) is 0 Å². The Morgan fingerprint density at radius 3 is 2.50 bits per heavy atom. The zero-order chi connectivity index (χ0) is 19.1. The van der Waals surface area contributed by atoms with Gasteiger partial charge >= 0.3 is 6.03 Å². The molecule has 6 nitrogen and oxygen atoms in total. The highest BCUT2D eigenvalue weighted by Gasteiger charge is 2.23. The Kier molecular flexibility index (Phi) is 9.06. The lowest BCUT2D eigenvalue weighted by atomic mass is 9.96.